The van der Waals surface area contributed by atoms with Crippen molar-refractivity contribution >= 4 is 23.4 Å². The third-order valence-corrected chi connectivity index (χ3v) is 4.66. The van der Waals surface area contributed by atoms with Crippen molar-refractivity contribution in [3.8, 4) is 0 Å². The highest BCUT2D eigenvalue weighted by atomic mass is 35.5. The van der Waals surface area contributed by atoms with Crippen molar-refractivity contribution in [2.45, 2.75) is 25.7 Å². The molecule has 3 rings (SSSR count). The van der Waals surface area contributed by atoms with Crippen molar-refractivity contribution in [3.63, 3.8) is 0 Å². The van der Waals surface area contributed by atoms with E-state index in [0.29, 0.717) is 37.6 Å². The molecule has 2 fully saturated rings. The molecule has 0 bridgehead atoms. The molecule has 2 amide bonds. The van der Waals surface area contributed by atoms with Crippen molar-refractivity contribution in [3.05, 3.63) is 34.9 Å². The number of hydrogen-bond donors (Lipinski definition) is 0. The van der Waals surface area contributed by atoms with Crippen LogP contribution >= 0.6 is 11.6 Å². The fraction of sp³-hybridized carbons (Fsp3) is 0.529. The van der Waals surface area contributed by atoms with Crippen LogP contribution in [0.2, 0.25) is 5.02 Å². The normalized spacial score (nSPS) is 18.4. The second kappa shape index (κ2) is 6.69. The Bertz CT molecular complexity index is 546. The van der Waals surface area contributed by atoms with E-state index < -0.39 is 0 Å². The number of amides is 2. The number of aryl methyl sites for hydroxylation is 1. The van der Waals surface area contributed by atoms with Crippen LogP contribution < -0.4 is 0 Å². The minimum Gasteiger partial charge on any atom is -0.339 e. The highest BCUT2D eigenvalue weighted by Crippen LogP contribution is 2.31. The molecule has 1 aromatic rings. The van der Waals surface area contributed by atoms with Gasteiger partial charge in [-0.15, -0.1) is 0 Å². The monoisotopic (exact) mass is 320 g/mol. The van der Waals surface area contributed by atoms with Crippen LogP contribution in [0.3, 0.4) is 0 Å². The van der Waals surface area contributed by atoms with E-state index in [1.165, 1.54) is 0 Å². The number of carbonyl (C=O) groups excluding carboxylic acids is 2. The van der Waals surface area contributed by atoms with Crippen molar-refractivity contribution < 1.29 is 9.59 Å². The van der Waals surface area contributed by atoms with Gasteiger partial charge in [0, 0.05) is 43.5 Å². The molecular formula is C17H21ClN2O2. The van der Waals surface area contributed by atoms with Crippen molar-refractivity contribution in [1.82, 2.24) is 9.80 Å². The molecule has 1 aromatic carbocycles. The van der Waals surface area contributed by atoms with Crippen LogP contribution in [-0.4, -0.2) is 47.8 Å². The number of halogens is 1. The van der Waals surface area contributed by atoms with E-state index >= 15 is 0 Å². The maximum Gasteiger partial charge on any atom is 0.225 e. The zero-order valence-corrected chi connectivity index (χ0v) is 13.4. The zero-order valence-electron chi connectivity index (χ0n) is 12.6. The van der Waals surface area contributed by atoms with E-state index in [0.717, 1.165) is 24.8 Å². The molecule has 1 heterocycles. The Morgan fingerprint density at radius 2 is 1.59 bits per heavy atom. The number of rotatable bonds is 4. The van der Waals surface area contributed by atoms with Gasteiger partial charge >= 0.3 is 0 Å². The number of piperazine rings is 1. The van der Waals surface area contributed by atoms with Gasteiger partial charge in [0.15, 0.2) is 0 Å². The Morgan fingerprint density at radius 1 is 1.00 bits per heavy atom. The van der Waals surface area contributed by atoms with Crippen LogP contribution in [0.25, 0.3) is 0 Å². The van der Waals surface area contributed by atoms with Crippen LogP contribution in [0.15, 0.2) is 24.3 Å². The van der Waals surface area contributed by atoms with E-state index in [1.54, 1.807) is 0 Å². The predicted octanol–water partition coefficient (Wildman–Crippen LogP) is 2.35. The smallest absolute Gasteiger partial charge is 0.225 e. The summed E-state index contributed by atoms with van der Waals surface area (Å²) in [4.78, 5) is 28.0. The van der Waals surface area contributed by atoms with Gasteiger partial charge in [0.05, 0.1) is 0 Å². The molecule has 0 radical (unpaired) electrons. The van der Waals surface area contributed by atoms with Gasteiger partial charge in [-0.1, -0.05) is 23.7 Å². The third-order valence-electron chi connectivity index (χ3n) is 4.41. The topological polar surface area (TPSA) is 40.6 Å². The third kappa shape index (κ3) is 3.80. The van der Waals surface area contributed by atoms with Gasteiger partial charge in [0.1, 0.15) is 0 Å². The Morgan fingerprint density at radius 3 is 2.18 bits per heavy atom. The molecule has 0 unspecified atom stereocenters. The summed E-state index contributed by atoms with van der Waals surface area (Å²) in [5.41, 5.74) is 1.13. The van der Waals surface area contributed by atoms with Gasteiger partial charge in [-0.2, -0.15) is 0 Å². The molecular weight excluding hydrogens is 300 g/mol. The number of hydrogen-bond acceptors (Lipinski definition) is 2. The first kappa shape index (κ1) is 15.3. The van der Waals surface area contributed by atoms with E-state index in [1.807, 2.05) is 34.1 Å². The lowest BCUT2D eigenvalue weighted by atomic mass is 10.1. The molecule has 0 aromatic heterocycles. The summed E-state index contributed by atoms with van der Waals surface area (Å²) in [5, 5.41) is 0.714. The maximum atomic E-state index is 12.3. The Balaban J connectivity index is 1.43. The molecule has 5 heteroatoms. The Labute approximate surface area is 136 Å². The quantitative estimate of drug-likeness (QED) is 0.854. The van der Waals surface area contributed by atoms with Gasteiger partial charge in [0.25, 0.3) is 0 Å². The predicted molar refractivity (Wildman–Crippen MR) is 85.7 cm³/mol. The molecule has 118 valence electrons. The van der Waals surface area contributed by atoms with Gasteiger partial charge < -0.3 is 9.80 Å². The molecule has 22 heavy (non-hydrogen) atoms. The minimum absolute atomic E-state index is 0.175. The van der Waals surface area contributed by atoms with Gasteiger partial charge in [-0.05, 0) is 37.0 Å². The Hall–Kier alpha value is -1.55. The highest BCUT2D eigenvalue weighted by Gasteiger charge is 2.35. The number of carbonyl (C=O) groups is 2. The molecule has 4 nitrogen and oxygen atoms in total. The summed E-state index contributed by atoms with van der Waals surface area (Å²) >= 11 is 5.85. The van der Waals surface area contributed by atoms with Gasteiger partial charge in [-0.25, -0.2) is 0 Å². The summed E-state index contributed by atoms with van der Waals surface area (Å²) < 4.78 is 0. The van der Waals surface area contributed by atoms with Crippen LogP contribution in [0.4, 0.5) is 0 Å². The van der Waals surface area contributed by atoms with Crippen LogP contribution in [0, 0.1) is 5.92 Å². The lowest BCUT2D eigenvalue weighted by Crippen LogP contribution is -2.51. The number of benzene rings is 1. The van der Waals surface area contributed by atoms with Gasteiger partial charge in [0.2, 0.25) is 11.8 Å². The SMILES string of the molecule is O=C(CCc1ccc(Cl)cc1)N1CCN(C(=O)C2CC2)CC1. The number of nitrogens with zero attached hydrogens (tertiary/aromatic N) is 2. The summed E-state index contributed by atoms with van der Waals surface area (Å²) in [5.74, 6) is 0.730. The molecule has 1 aliphatic heterocycles. The van der Waals surface area contributed by atoms with Gasteiger partial charge in [-0.3, -0.25) is 9.59 Å². The lowest BCUT2D eigenvalue weighted by Gasteiger charge is -2.35. The summed E-state index contributed by atoms with van der Waals surface area (Å²) in [6.07, 6.45) is 3.33. The minimum atomic E-state index is 0.175. The largest absolute Gasteiger partial charge is 0.339 e. The van der Waals surface area contributed by atoms with Crippen molar-refractivity contribution in [2.24, 2.45) is 5.92 Å². The molecule has 0 N–H and O–H groups in total. The second-order valence-electron chi connectivity index (χ2n) is 6.11. The molecule has 1 aliphatic carbocycles. The second-order valence-corrected chi connectivity index (χ2v) is 6.54. The van der Waals surface area contributed by atoms with Crippen LogP contribution in [0.1, 0.15) is 24.8 Å². The molecule has 2 aliphatic rings. The van der Waals surface area contributed by atoms with Crippen LogP contribution in [0.5, 0.6) is 0 Å². The van der Waals surface area contributed by atoms with E-state index in [2.05, 4.69) is 0 Å². The standard InChI is InChI=1S/C17H21ClN2O2/c18-15-6-1-13(2-7-15)3-8-16(21)19-9-11-20(12-10-19)17(22)14-4-5-14/h1-2,6-7,14H,3-5,8-12H2. The maximum absolute atomic E-state index is 12.3. The highest BCUT2D eigenvalue weighted by molar-refractivity contribution is 6.30. The Kier molecular flexibility index (Phi) is 4.67. The zero-order chi connectivity index (χ0) is 15.5. The lowest BCUT2D eigenvalue weighted by molar-refractivity contribution is -0.140. The fourth-order valence-corrected chi connectivity index (χ4v) is 2.95. The van der Waals surface area contributed by atoms with E-state index in [4.69, 9.17) is 11.6 Å². The first-order chi connectivity index (χ1) is 10.6. The van der Waals surface area contributed by atoms with E-state index in [9.17, 15) is 9.59 Å². The van der Waals surface area contributed by atoms with Crippen molar-refractivity contribution in [2.75, 3.05) is 26.2 Å². The van der Waals surface area contributed by atoms with Crippen molar-refractivity contribution in [1.29, 1.82) is 0 Å². The fourth-order valence-electron chi connectivity index (χ4n) is 2.83. The molecule has 0 spiro atoms. The van der Waals surface area contributed by atoms with Crippen LogP contribution in [-0.2, 0) is 16.0 Å². The average molecular weight is 321 g/mol. The molecule has 1 saturated carbocycles. The first-order valence-electron chi connectivity index (χ1n) is 7.94. The first-order valence-corrected chi connectivity index (χ1v) is 8.32. The molecule has 0 atom stereocenters. The van der Waals surface area contributed by atoms with E-state index in [-0.39, 0.29) is 17.7 Å². The summed E-state index contributed by atoms with van der Waals surface area (Å²) in [7, 11) is 0. The summed E-state index contributed by atoms with van der Waals surface area (Å²) in [6, 6.07) is 7.62. The average Bonchev–Trinajstić information content (AvgIpc) is 3.38. The summed E-state index contributed by atoms with van der Waals surface area (Å²) in [6.45, 7) is 2.69. The molecule has 1 saturated heterocycles.